The summed E-state index contributed by atoms with van der Waals surface area (Å²) in [7, 11) is 2.04. The lowest BCUT2D eigenvalue weighted by Gasteiger charge is -2.22. The second kappa shape index (κ2) is 3.39. The van der Waals surface area contributed by atoms with Crippen molar-refractivity contribution in [3.8, 4) is 0 Å². The van der Waals surface area contributed by atoms with Gasteiger partial charge in [-0.05, 0) is 25.0 Å². The summed E-state index contributed by atoms with van der Waals surface area (Å²) in [6, 6.07) is 5.45. The van der Waals surface area contributed by atoms with Crippen molar-refractivity contribution in [3.63, 3.8) is 0 Å². The van der Waals surface area contributed by atoms with Crippen molar-refractivity contribution >= 4 is 17.3 Å². The Morgan fingerprint density at radius 2 is 2.24 bits per heavy atom. The zero-order valence-corrected chi connectivity index (χ0v) is 9.86. The predicted molar refractivity (Wildman–Crippen MR) is 66.8 cm³/mol. The molecule has 1 aromatic rings. The van der Waals surface area contributed by atoms with E-state index in [9.17, 15) is 9.90 Å². The fourth-order valence-corrected chi connectivity index (χ4v) is 2.65. The highest BCUT2D eigenvalue weighted by molar-refractivity contribution is 5.98. The molecule has 17 heavy (non-hydrogen) atoms. The van der Waals surface area contributed by atoms with Gasteiger partial charge in [0.05, 0.1) is 16.9 Å². The van der Waals surface area contributed by atoms with Crippen LogP contribution in [0.1, 0.15) is 23.2 Å². The van der Waals surface area contributed by atoms with Gasteiger partial charge in [0, 0.05) is 25.6 Å². The van der Waals surface area contributed by atoms with E-state index in [2.05, 4.69) is 10.2 Å². The smallest absolute Gasteiger partial charge is 0.337 e. The number of aromatic carboxylic acids is 1. The molecule has 1 spiro atoms. The molecule has 0 aromatic heterocycles. The third-order valence-corrected chi connectivity index (χ3v) is 3.85. The van der Waals surface area contributed by atoms with E-state index in [1.54, 1.807) is 6.07 Å². The fourth-order valence-electron chi connectivity index (χ4n) is 2.65. The normalized spacial score (nSPS) is 20.4. The van der Waals surface area contributed by atoms with E-state index in [0.29, 0.717) is 11.0 Å². The number of carbonyl (C=O) groups is 1. The topological polar surface area (TPSA) is 52.6 Å². The summed E-state index contributed by atoms with van der Waals surface area (Å²) < 4.78 is 0. The number of para-hydroxylation sites is 1. The van der Waals surface area contributed by atoms with Crippen LogP contribution in [0.2, 0.25) is 0 Å². The van der Waals surface area contributed by atoms with E-state index in [-0.39, 0.29) is 0 Å². The first-order valence-electron chi connectivity index (χ1n) is 5.93. The third-order valence-electron chi connectivity index (χ3n) is 3.85. The molecule has 1 heterocycles. The highest BCUT2D eigenvalue weighted by atomic mass is 16.4. The van der Waals surface area contributed by atoms with E-state index in [0.717, 1.165) is 24.5 Å². The second-order valence-electron chi connectivity index (χ2n) is 5.21. The van der Waals surface area contributed by atoms with Crippen molar-refractivity contribution in [1.29, 1.82) is 0 Å². The summed E-state index contributed by atoms with van der Waals surface area (Å²) in [5.74, 6) is -0.866. The lowest BCUT2D eigenvalue weighted by Crippen LogP contribution is -2.27. The number of anilines is 2. The SMILES string of the molecule is CN1CC2(CC2)CNc2c(C(=O)O)cccc21. The van der Waals surface area contributed by atoms with Gasteiger partial charge < -0.3 is 15.3 Å². The van der Waals surface area contributed by atoms with Crippen LogP contribution in [0, 0.1) is 5.41 Å². The minimum absolute atomic E-state index is 0.365. The molecule has 1 aliphatic carbocycles. The number of benzene rings is 1. The summed E-state index contributed by atoms with van der Waals surface area (Å²) in [6.07, 6.45) is 2.47. The molecule has 4 nitrogen and oxygen atoms in total. The fraction of sp³-hybridized carbons (Fsp3) is 0.462. The summed E-state index contributed by atoms with van der Waals surface area (Å²) in [6.45, 7) is 1.89. The van der Waals surface area contributed by atoms with Crippen molar-refractivity contribution in [3.05, 3.63) is 23.8 Å². The lowest BCUT2D eigenvalue weighted by atomic mass is 10.1. The third kappa shape index (κ3) is 1.64. The van der Waals surface area contributed by atoms with E-state index in [1.165, 1.54) is 12.8 Å². The summed E-state index contributed by atoms with van der Waals surface area (Å²) >= 11 is 0. The van der Waals surface area contributed by atoms with Crippen LogP contribution < -0.4 is 10.2 Å². The van der Waals surface area contributed by atoms with Crippen molar-refractivity contribution in [2.45, 2.75) is 12.8 Å². The Bertz CT molecular complexity index is 480. The zero-order valence-electron chi connectivity index (χ0n) is 9.86. The number of nitrogens with zero attached hydrogens (tertiary/aromatic N) is 1. The van der Waals surface area contributed by atoms with Gasteiger partial charge in [0.1, 0.15) is 0 Å². The molecule has 0 atom stereocenters. The van der Waals surface area contributed by atoms with Crippen molar-refractivity contribution in [1.82, 2.24) is 0 Å². The van der Waals surface area contributed by atoms with Gasteiger partial charge in [0.25, 0.3) is 0 Å². The Morgan fingerprint density at radius 3 is 2.88 bits per heavy atom. The molecule has 0 amide bonds. The van der Waals surface area contributed by atoms with Crippen LogP contribution in [-0.2, 0) is 0 Å². The molecular formula is C13H16N2O2. The minimum Gasteiger partial charge on any atom is -0.478 e. The molecule has 1 aromatic carbocycles. The summed E-state index contributed by atoms with van der Waals surface area (Å²) in [5.41, 5.74) is 2.50. The molecule has 90 valence electrons. The van der Waals surface area contributed by atoms with Crippen LogP contribution in [0.4, 0.5) is 11.4 Å². The monoisotopic (exact) mass is 232 g/mol. The first-order chi connectivity index (χ1) is 8.11. The maximum Gasteiger partial charge on any atom is 0.337 e. The molecule has 0 saturated heterocycles. The van der Waals surface area contributed by atoms with E-state index < -0.39 is 5.97 Å². The van der Waals surface area contributed by atoms with Gasteiger partial charge in [-0.3, -0.25) is 0 Å². The number of carboxylic acid groups (broad SMARTS) is 1. The van der Waals surface area contributed by atoms with Crippen LogP contribution in [0.25, 0.3) is 0 Å². The van der Waals surface area contributed by atoms with Gasteiger partial charge in [-0.1, -0.05) is 6.07 Å². The maximum atomic E-state index is 11.2. The van der Waals surface area contributed by atoms with E-state index in [4.69, 9.17) is 0 Å². The first-order valence-corrected chi connectivity index (χ1v) is 5.93. The quantitative estimate of drug-likeness (QED) is 0.778. The van der Waals surface area contributed by atoms with Crippen LogP contribution in [-0.4, -0.2) is 31.2 Å². The standard InChI is InChI=1S/C13H16N2O2/c1-15-8-13(5-6-13)7-14-11-9(12(16)17)3-2-4-10(11)15/h2-4,14H,5-8H2,1H3,(H,16,17). The number of hydrogen-bond donors (Lipinski definition) is 2. The Labute approximate surface area is 100 Å². The Kier molecular flexibility index (Phi) is 2.08. The molecule has 0 radical (unpaired) electrons. The highest BCUT2D eigenvalue weighted by Gasteiger charge is 2.45. The summed E-state index contributed by atoms with van der Waals surface area (Å²) in [5, 5.41) is 12.5. The van der Waals surface area contributed by atoms with Crippen LogP contribution in [0.3, 0.4) is 0 Å². The molecular weight excluding hydrogens is 216 g/mol. The van der Waals surface area contributed by atoms with Gasteiger partial charge in [-0.15, -0.1) is 0 Å². The predicted octanol–water partition coefficient (Wildman–Crippen LogP) is 2.03. The van der Waals surface area contributed by atoms with Gasteiger partial charge >= 0.3 is 5.97 Å². The number of hydrogen-bond acceptors (Lipinski definition) is 3. The second-order valence-corrected chi connectivity index (χ2v) is 5.21. The number of rotatable bonds is 1. The zero-order chi connectivity index (χ0) is 12.0. The molecule has 4 heteroatoms. The Balaban J connectivity index is 2.06. The van der Waals surface area contributed by atoms with E-state index >= 15 is 0 Å². The number of fused-ring (bicyclic) bond motifs is 1. The van der Waals surface area contributed by atoms with Crippen LogP contribution >= 0.6 is 0 Å². The number of carboxylic acids is 1. The molecule has 2 N–H and O–H groups in total. The van der Waals surface area contributed by atoms with Gasteiger partial charge in [0.2, 0.25) is 0 Å². The molecule has 0 bridgehead atoms. The van der Waals surface area contributed by atoms with Crippen LogP contribution in [0.5, 0.6) is 0 Å². The van der Waals surface area contributed by atoms with Gasteiger partial charge in [-0.25, -0.2) is 4.79 Å². The average molecular weight is 232 g/mol. The highest BCUT2D eigenvalue weighted by Crippen LogP contribution is 2.49. The minimum atomic E-state index is -0.866. The molecule has 3 rings (SSSR count). The first kappa shape index (κ1) is 10.4. The average Bonchev–Trinajstić information content (AvgIpc) is 3.07. The van der Waals surface area contributed by atoms with Crippen LogP contribution in [0.15, 0.2) is 18.2 Å². The Morgan fingerprint density at radius 1 is 1.47 bits per heavy atom. The Hall–Kier alpha value is -1.71. The molecule has 2 aliphatic rings. The van der Waals surface area contributed by atoms with Crippen molar-refractivity contribution in [2.24, 2.45) is 5.41 Å². The van der Waals surface area contributed by atoms with Crippen molar-refractivity contribution in [2.75, 3.05) is 30.4 Å². The van der Waals surface area contributed by atoms with Gasteiger partial charge in [0.15, 0.2) is 0 Å². The maximum absolute atomic E-state index is 11.2. The number of nitrogens with one attached hydrogen (secondary N) is 1. The largest absolute Gasteiger partial charge is 0.478 e. The van der Waals surface area contributed by atoms with E-state index in [1.807, 2.05) is 19.2 Å². The molecule has 1 aliphatic heterocycles. The molecule has 1 saturated carbocycles. The van der Waals surface area contributed by atoms with Gasteiger partial charge in [-0.2, -0.15) is 0 Å². The molecule has 0 unspecified atom stereocenters. The van der Waals surface area contributed by atoms with Crippen molar-refractivity contribution < 1.29 is 9.90 Å². The molecule has 1 fully saturated rings. The summed E-state index contributed by atoms with van der Waals surface area (Å²) in [4.78, 5) is 13.4. The lowest BCUT2D eigenvalue weighted by molar-refractivity contribution is 0.0698.